The highest BCUT2D eigenvalue weighted by molar-refractivity contribution is 7.10. The third-order valence-corrected chi connectivity index (χ3v) is 2.23. The quantitative estimate of drug-likeness (QED) is 0.679. The van der Waals surface area contributed by atoms with Crippen LogP contribution in [-0.4, -0.2) is 11.1 Å². The van der Waals surface area contributed by atoms with Crippen molar-refractivity contribution in [1.82, 2.24) is 5.32 Å². The number of nitrogens with one attached hydrogen (secondary N) is 1. The fourth-order valence-electron chi connectivity index (χ4n) is 0.845. The van der Waals surface area contributed by atoms with Crippen molar-refractivity contribution in [3.8, 4) is 0 Å². The van der Waals surface area contributed by atoms with Gasteiger partial charge in [0.1, 0.15) is 6.23 Å². The molecule has 0 aliphatic heterocycles. The Kier molecular flexibility index (Phi) is 3.05. The molecule has 2 N–H and O–H groups in total. The van der Waals surface area contributed by atoms with Crippen molar-refractivity contribution in [2.45, 2.75) is 26.1 Å². The smallest absolute Gasteiger partial charge is 0.140 e. The van der Waals surface area contributed by atoms with Crippen molar-refractivity contribution in [3.05, 3.63) is 22.4 Å². The largest absolute Gasteiger partial charge is 0.373 e. The second-order valence-corrected chi connectivity index (χ2v) is 3.72. The Balaban J connectivity index is 2.49. The topological polar surface area (TPSA) is 32.3 Å². The maximum Gasteiger partial charge on any atom is 0.140 e. The van der Waals surface area contributed by atoms with Crippen LogP contribution in [0.15, 0.2) is 17.5 Å². The summed E-state index contributed by atoms with van der Waals surface area (Å²) in [4.78, 5) is 0.971. The lowest BCUT2D eigenvalue weighted by atomic mass is 10.3. The third kappa shape index (κ3) is 2.61. The molecular formula is C8H13NOS. The van der Waals surface area contributed by atoms with E-state index in [-0.39, 0.29) is 0 Å². The Labute approximate surface area is 70.9 Å². The number of hydrogen-bond donors (Lipinski definition) is 2. The van der Waals surface area contributed by atoms with Crippen molar-refractivity contribution in [3.63, 3.8) is 0 Å². The van der Waals surface area contributed by atoms with E-state index in [0.29, 0.717) is 6.04 Å². The van der Waals surface area contributed by atoms with Crippen molar-refractivity contribution >= 4 is 11.3 Å². The minimum Gasteiger partial charge on any atom is -0.373 e. The standard InChI is InChI=1S/C8H13NOS/c1-6(2)9-8(10)7-4-3-5-11-7/h3-6,8-10H,1-2H3. The minimum atomic E-state index is -0.505. The van der Waals surface area contributed by atoms with Crippen molar-refractivity contribution in [2.24, 2.45) is 0 Å². The van der Waals surface area contributed by atoms with E-state index >= 15 is 0 Å². The molecule has 0 spiro atoms. The molecular weight excluding hydrogens is 158 g/mol. The van der Waals surface area contributed by atoms with E-state index < -0.39 is 6.23 Å². The van der Waals surface area contributed by atoms with Gasteiger partial charge in [0.2, 0.25) is 0 Å². The molecule has 0 bridgehead atoms. The Morgan fingerprint density at radius 3 is 2.73 bits per heavy atom. The number of aliphatic hydroxyl groups is 1. The Hall–Kier alpha value is -0.380. The predicted molar refractivity (Wildman–Crippen MR) is 47.6 cm³/mol. The number of hydrogen-bond acceptors (Lipinski definition) is 3. The first kappa shape index (κ1) is 8.71. The van der Waals surface area contributed by atoms with Gasteiger partial charge in [-0.25, -0.2) is 0 Å². The lowest BCUT2D eigenvalue weighted by Crippen LogP contribution is -2.27. The third-order valence-electron chi connectivity index (χ3n) is 1.30. The molecule has 0 fully saturated rings. The zero-order chi connectivity index (χ0) is 8.27. The van der Waals surface area contributed by atoms with Gasteiger partial charge in [0.05, 0.1) is 0 Å². The van der Waals surface area contributed by atoms with Crippen molar-refractivity contribution in [1.29, 1.82) is 0 Å². The van der Waals surface area contributed by atoms with Gasteiger partial charge in [0, 0.05) is 10.9 Å². The summed E-state index contributed by atoms with van der Waals surface area (Å²) in [5, 5.41) is 14.4. The zero-order valence-corrected chi connectivity index (χ0v) is 7.56. The normalized spacial score (nSPS) is 13.8. The highest BCUT2D eigenvalue weighted by Crippen LogP contribution is 2.16. The van der Waals surface area contributed by atoms with Crippen molar-refractivity contribution in [2.75, 3.05) is 0 Å². The Morgan fingerprint density at radius 1 is 1.55 bits per heavy atom. The van der Waals surface area contributed by atoms with Gasteiger partial charge in [-0.1, -0.05) is 6.07 Å². The Bertz CT molecular complexity index is 196. The molecule has 0 amide bonds. The van der Waals surface area contributed by atoms with Gasteiger partial charge in [0.15, 0.2) is 0 Å². The summed E-state index contributed by atoms with van der Waals surface area (Å²) in [6.45, 7) is 4.02. The first-order valence-corrected chi connectivity index (χ1v) is 4.55. The predicted octanol–water partition coefficient (Wildman–Crippen LogP) is 1.74. The molecule has 1 unspecified atom stereocenters. The van der Waals surface area contributed by atoms with Gasteiger partial charge < -0.3 is 5.11 Å². The molecule has 0 aliphatic carbocycles. The van der Waals surface area contributed by atoms with Crippen LogP contribution in [0.3, 0.4) is 0 Å². The van der Waals surface area contributed by atoms with Crippen LogP contribution in [-0.2, 0) is 0 Å². The van der Waals surface area contributed by atoms with E-state index in [2.05, 4.69) is 5.32 Å². The average Bonchev–Trinajstić information content (AvgIpc) is 2.35. The van der Waals surface area contributed by atoms with Gasteiger partial charge in [-0.3, -0.25) is 5.32 Å². The molecule has 0 radical (unpaired) electrons. The van der Waals surface area contributed by atoms with E-state index in [1.807, 2.05) is 31.4 Å². The first-order chi connectivity index (χ1) is 5.20. The van der Waals surface area contributed by atoms with E-state index in [4.69, 9.17) is 0 Å². The summed E-state index contributed by atoms with van der Waals surface area (Å²) in [7, 11) is 0. The fourth-order valence-corrected chi connectivity index (χ4v) is 1.51. The van der Waals surface area contributed by atoms with Gasteiger partial charge in [-0.15, -0.1) is 11.3 Å². The van der Waals surface area contributed by atoms with Crippen LogP contribution < -0.4 is 5.32 Å². The summed E-state index contributed by atoms with van der Waals surface area (Å²) < 4.78 is 0. The monoisotopic (exact) mass is 171 g/mol. The molecule has 1 aromatic rings. The summed E-state index contributed by atoms with van der Waals surface area (Å²) >= 11 is 1.56. The molecule has 1 aromatic heterocycles. The van der Waals surface area contributed by atoms with E-state index in [1.54, 1.807) is 11.3 Å². The average molecular weight is 171 g/mol. The highest BCUT2D eigenvalue weighted by Gasteiger charge is 2.07. The molecule has 1 heterocycles. The van der Waals surface area contributed by atoms with Gasteiger partial charge >= 0.3 is 0 Å². The van der Waals surface area contributed by atoms with E-state index in [0.717, 1.165) is 4.88 Å². The first-order valence-electron chi connectivity index (χ1n) is 3.67. The van der Waals surface area contributed by atoms with Crippen LogP contribution in [0.5, 0.6) is 0 Å². The SMILES string of the molecule is CC(C)NC(O)c1cccs1. The lowest BCUT2D eigenvalue weighted by molar-refractivity contribution is 0.132. The zero-order valence-electron chi connectivity index (χ0n) is 6.74. The van der Waals surface area contributed by atoms with Crippen LogP contribution in [0.2, 0.25) is 0 Å². The van der Waals surface area contributed by atoms with Crippen LogP contribution in [0.4, 0.5) is 0 Å². The Morgan fingerprint density at radius 2 is 2.27 bits per heavy atom. The van der Waals surface area contributed by atoms with Crippen LogP contribution in [0, 0.1) is 0 Å². The molecule has 0 aliphatic rings. The molecule has 1 rings (SSSR count). The van der Waals surface area contributed by atoms with Crippen LogP contribution >= 0.6 is 11.3 Å². The number of aliphatic hydroxyl groups excluding tert-OH is 1. The fraction of sp³-hybridized carbons (Fsp3) is 0.500. The van der Waals surface area contributed by atoms with Gasteiger partial charge in [-0.05, 0) is 25.3 Å². The highest BCUT2D eigenvalue weighted by atomic mass is 32.1. The second kappa shape index (κ2) is 3.85. The van der Waals surface area contributed by atoms with E-state index in [1.165, 1.54) is 0 Å². The summed E-state index contributed by atoms with van der Waals surface area (Å²) in [6.07, 6.45) is -0.505. The molecule has 0 aromatic carbocycles. The molecule has 3 heteroatoms. The van der Waals surface area contributed by atoms with E-state index in [9.17, 15) is 5.11 Å². The lowest BCUT2D eigenvalue weighted by Gasteiger charge is -2.13. The maximum absolute atomic E-state index is 9.48. The number of thiophene rings is 1. The summed E-state index contributed by atoms with van der Waals surface area (Å²) in [5.74, 6) is 0. The maximum atomic E-state index is 9.48. The molecule has 2 nitrogen and oxygen atoms in total. The molecule has 0 saturated carbocycles. The number of rotatable bonds is 3. The second-order valence-electron chi connectivity index (χ2n) is 2.74. The molecule has 1 atom stereocenters. The summed E-state index contributed by atoms with van der Waals surface area (Å²) in [5.41, 5.74) is 0. The molecule has 62 valence electrons. The minimum absolute atomic E-state index is 0.312. The van der Waals surface area contributed by atoms with Crippen LogP contribution in [0.1, 0.15) is 25.0 Å². The molecule has 11 heavy (non-hydrogen) atoms. The summed E-state index contributed by atoms with van der Waals surface area (Å²) in [6, 6.07) is 4.17. The van der Waals surface area contributed by atoms with Crippen molar-refractivity contribution < 1.29 is 5.11 Å². The van der Waals surface area contributed by atoms with Gasteiger partial charge in [0.25, 0.3) is 0 Å². The van der Waals surface area contributed by atoms with Crippen LogP contribution in [0.25, 0.3) is 0 Å². The van der Waals surface area contributed by atoms with Gasteiger partial charge in [-0.2, -0.15) is 0 Å². The molecule has 0 saturated heterocycles.